The van der Waals surface area contributed by atoms with Crippen molar-refractivity contribution < 1.29 is 19.5 Å². The number of aliphatic hydroxyl groups is 1. The van der Waals surface area contributed by atoms with Gasteiger partial charge >= 0.3 is 0 Å². The Balaban J connectivity index is 1.53. The van der Waals surface area contributed by atoms with E-state index in [-0.39, 0.29) is 12.6 Å². The van der Waals surface area contributed by atoms with Gasteiger partial charge in [0.05, 0.1) is 18.8 Å². The van der Waals surface area contributed by atoms with E-state index in [0.717, 1.165) is 35.4 Å². The number of hydrogen-bond donors (Lipinski definition) is 5. The molecule has 0 saturated carbocycles. The van der Waals surface area contributed by atoms with Crippen molar-refractivity contribution in [3.63, 3.8) is 0 Å². The van der Waals surface area contributed by atoms with Crippen molar-refractivity contribution in [1.82, 2.24) is 20.3 Å². The molecule has 1 aliphatic rings. The molecule has 0 amide bonds. The van der Waals surface area contributed by atoms with Gasteiger partial charge in [0.15, 0.2) is 18.1 Å². The zero-order chi connectivity index (χ0) is 25.9. The summed E-state index contributed by atoms with van der Waals surface area (Å²) in [4.78, 5) is 14.3. The number of imidazole rings is 1. The zero-order valence-corrected chi connectivity index (χ0v) is 21.7. The summed E-state index contributed by atoms with van der Waals surface area (Å²) in [5.41, 5.74) is 14.4. The summed E-state index contributed by atoms with van der Waals surface area (Å²) < 4.78 is 12.6. The van der Waals surface area contributed by atoms with E-state index < -0.39 is 6.29 Å². The molecule has 1 aliphatic heterocycles. The molecule has 1 aromatic heterocycles. The zero-order valence-electron chi connectivity index (χ0n) is 21.0. The third-order valence-corrected chi connectivity index (χ3v) is 5.90. The highest BCUT2D eigenvalue weighted by atomic mass is 35.5. The first-order chi connectivity index (χ1) is 17.4. The molecule has 36 heavy (non-hydrogen) atoms. The van der Waals surface area contributed by atoms with Crippen LogP contribution in [0.2, 0.25) is 5.02 Å². The molecule has 11 nitrogen and oxygen atoms in total. The van der Waals surface area contributed by atoms with Crippen molar-refractivity contribution in [3.8, 4) is 0 Å². The lowest BCUT2D eigenvalue weighted by molar-refractivity contribution is -0.109. The van der Waals surface area contributed by atoms with Crippen LogP contribution in [0.5, 0.6) is 0 Å². The summed E-state index contributed by atoms with van der Waals surface area (Å²) in [5, 5.41) is 13.4. The van der Waals surface area contributed by atoms with E-state index in [2.05, 4.69) is 26.3 Å². The number of aromatic nitrogens is 2. The molecule has 0 spiro atoms. The molecule has 6 N–H and O–H groups in total. The number of ether oxygens (including phenoxy) is 2. The van der Waals surface area contributed by atoms with Gasteiger partial charge in [-0.3, -0.25) is 4.57 Å². The van der Waals surface area contributed by atoms with Crippen LogP contribution in [0.25, 0.3) is 5.82 Å². The van der Waals surface area contributed by atoms with Crippen molar-refractivity contribution in [2.75, 3.05) is 18.7 Å². The van der Waals surface area contributed by atoms with E-state index in [9.17, 15) is 5.11 Å². The number of aliphatic hydroxyl groups excluding tert-OH is 1. The first kappa shape index (κ1) is 27.9. The molecule has 3 rings (SSSR count). The highest BCUT2D eigenvalue weighted by Crippen LogP contribution is 2.22. The number of hydrogen-bond acceptors (Lipinski definition) is 8. The predicted octanol–water partition coefficient (Wildman–Crippen LogP) is 3.12. The molecule has 1 unspecified atom stereocenters. The van der Waals surface area contributed by atoms with Gasteiger partial charge in [-0.05, 0) is 50.3 Å². The van der Waals surface area contributed by atoms with Crippen LogP contribution in [0.4, 0.5) is 5.82 Å². The van der Waals surface area contributed by atoms with Crippen molar-refractivity contribution in [2.45, 2.75) is 65.5 Å². The Morgan fingerprint density at radius 2 is 2.14 bits per heavy atom. The molecule has 1 saturated heterocycles. The Labute approximate surface area is 216 Å². The summed E-state index contributed by atoms with van der Waals surface area (Å²) in [5.74, 6) is 1.60. The summed E-state index contributed by atoms with van der Waals surface area (Å²) in [7, 11) is 0. The maximum atomic E-state index is 9.69. The number of allylic oxidation sites excluding steroid dienone is 1. The molecule has 1 fully saturated rings. The van der Waals surface area contributed by atoms with Gasteiger partial charge < -0.3 is 25.6 Å². The molecule has 0 radical (unpaired) electrons. The average Bonchev–Trinajstić information content (AvgIpc) is 3.33. The van der Waals surface area contributed by atoms with Crippen LogP contribution in [-0.4, -0.2) is 46.2 Å². The minimum Gasteiger partial charge on any atom is -0.381 e. The Morgan fingerprint density at radius 3 is 2.86 bits per heavy atom. The third-order valence-electron chi connectivity index (χ3n) is 5.55. The number of nitrogens with two attached hydrogens (primary N) is 1. The number of halogens is 1. The molecule has 2 aromatic rings. The highest BCUT2D eigenvalue weighted by Gasteiger charge is 2.14. The third kappa shape index (κ3) is 8.47. The number of aliphatic imine (C=N–C) groups is 1. The second kappa shape index (κ2) is 14.2. The van der Waals surface area contributed by atoms with E-state index in [1.165, 1.54) is 0 Å². The number of hydroxylamine groups is 1. The van der Waals surface area contributed by atoms with E-state index in [4.69, 9.17) is 31.7 Å². The van der Waals surface area contributed by atoms with Gasteiger partial charge in [0.1, 0.15) is 12.1 Å². The summed E-state index contributed by atoms with van der Waals surface area (Å²) >= 11 is 6.32. The minimum absolute atomic E-state index is 0.160. The van der Waals surface area contributed by atoms with Crippen molar-refractivity contribution in [3.05, 3.63) is 52.4 Å². The number of guanidine groups is 1. The first-order valence-corrected chi connectivity index (χ1v) is 12.4. The summed E-state index contributed by atoms with van der Waals surface area (Å²) in [6, 6.07) is 5.70. The van der Waals surface area contributed by atoms with E-state index in [0.29, 0.717) is 43.0 Å². The van der Waals surface area contributed by atoms with Crippen LogP contribution >= 0.6 is 11.6 Å². The van der Waals surface area contributed by atoms with E-state index in [1.807, 2.05) is 32.9 Å². The SMILES string of the molecule is CCC(O)OCc1c(Cl)cccc1CNONc1cn(C(NC(N)=NC2CCOCC2)=C(C)C)cn1. The molecule has 0 bridgehead atoms. The quantitative estimate of drug-likeness (QED) is 0.0936. The van der Waals surface area contributed by atoms with Crippen molar-refractivity contribution in [1.29, 1.82) is 0 Å². The topological polar surface area (TPSA) is 140 Å². The Kier molecular flexibility index (Phi) is 11.0. The fourth-order valence-electron chi connectivity index (χ4n) is 3.54. The Bertz CT molecular complexity index is 1030. The van der Waals surface area contributed by atoms with Crippen molar-refractivity contribution in [2.24, 2.45) is 10.7 Å². The van der Waals surface area contributed by atoms with Gasteiger partial charge in [-0.25, -0.2) is 15.5 Å². The smallest absolute Gasteiger partial charge is 0.194 e. The molecule has 198 valence electrons. The molecular formula is C24H36ClN7O4. The van der Waals surface area contributed by atoms with E-state index in [1.54, 1.807) is 23.2 Å². The predicted molar refractivity (Wildman–Crippen MR) is 139 cm³/mol. The molecular weight excluding hydrogens is 486 g/mol. The number of rotatable bonds is 12. The van der Waals surface area contributed by atoms with Crippen LogP contribution in [-0.2, 0) is 27.6 Å². The monoisotopic (exact) mass is 521 g/mol. The Hall–Kier alpha value is -2.67. The van der Waals surface area contributed by atoms with Gasteiger partial charge in [0.2, 0.25) is 0 Å². The molecule has 1 atom stereocenters. The van der Waals surface area contributed by atoms with Crippen LogP contribution in [0, 0.1) is 0 Å². The average molecular weight is 522 g/mol. The molecule has 12 heteroatoms. The lowest BCUT2D eigenvalue weighted by atomic mass is 10.1. The lowest BCUT2D eigenvalue weighted by Gasteiger charge is -2.20. The van der Waals surface area contributed by atoms with Gasteiger partial charge in [-0.2, -0.15) is 10.4 Å². The van der Waals surface area contributed by atoms with Crippen LogP contribution < -0.4 is 22.0 Å². The number of anilines is 1. The molecule has 1 aromatic carbocycles. The van der Waals surface area contributed by atoms with Gasteiger partial charge in [0.25, 0.3) is 0 Å². The van der Waals surface area contributed by atoms with Crippen LogP contribution in [0.15, 0.2) is 41.3 Å². The number of benzene rings is 1. The minimum atomic E-state index is -0.834. The lowest BCUT2D eigenvalue weighted by Crippen LogP contribution is -2.35. The van der Waals surface area contributed by atoms with Crippen LogP contribution in [0.1, 0.15) is 51.2 Å². The fraction of sp³-hybridized carbons (Fsp3) is 0.500. The maximum Gasteiger partial charge on any atom is 0.194 e. The first-order valence-electron chi connectivity index (χ1n) is 12.0. The Morgan fingerprint density at radius 1 is 1.36 bits per heavy atom. The van der Waals surface area contributed by atoms with Gasteiger partial charge in [-0.1, -0.05) is 30.7 Å². The summed E-state index contributed by atoms with van der Waals surface area (Å²) in [6.07, 6.45) is 4.80. The van der Waals surface area contributed by atoms with Gasteiger partial charge in [0, 0.05) is 30.3 Å². The normalized spacial score (nSPS) is 15.5. The highest BCUT2D eigenvalue weighted by molar-refractivity contribution is 6.31. The molecule has 0 aliphatic carbocycles. The van der Waals surface area contributed by atoms with Crippen molar-refractivity contribution >= 4 is 29.2 Å². The van der Waals surface area contributed by atoms with Gasteiger partial charge in [-0.15, -0.1) is 0 Å². The second-order valence-corrected chi connectivity index (χ2v) is 8.98. The maximum absolute atomic E-state index is 9.69. The number of nitrogens with zero attached hydrogens (tertiary/aromatic N) is 3. The molecule has 2 heterocycles. The van der Waals surface area contributed by atoms with Crippen LogP contribution in [0.3, 0.4) is 0 Å². The van der Waals surface area contributed by atoms with E-state index >= 15 is 0 Å². The summed E-state index contributed by atoms with van der Waals surface area (Å²) in [6.45, 7) is 7.75. The number of nitrogens with one attached hydrogen (secondary N) is 3. The largest absolute Gasteiger partial charge is 0.381 e. The second-order valence-electron chi connectivity index (χ2n) is 8.57. The standard InChI is InChI=1S/C24H36ClN7O4/c1-4-22(33)35-14-19-17(6-5-7-20(19)25)12-28-36-31-21-13-32(15-27-21)23(16(2)3)30-24(26)29-18-8-10-34-11-9-18/h5-7,13,15,18,22,28,31,33H,4,8-12,14H2,1-3H3,(H3,26,29,30). The fourth-order valence-corrected chi connectivity index (χ4v) is 3.79.